The van der Waals surface area contributed by atoms with Crippen molar-refractivity contribution < 1.29 is 18.7 Å². The van der Waals surface area contributed by atoms with Gasteiger partial charge >= 0.3 is 5.97 Å². The van der Waals surface area contributed by atoms with E-state index in [0.29, 0.717) is 6.08 Å². The van der Waals surface area contributed by atoms with Gasteiger partial charge in [-0.1, -0.05) is 78.9 Å². The molecule has 5 rings (SSSR count). The number of rotatable bonds is 7. The molecule has 5 aromatic rings. The summed E-state index contributed by atoms with van der Waals surface area (Å²) in [6, 6.07) is 35.9. The molecule has 194 valence electrons. The monoisotopic (exact) mass is 528 g/mol. The number of nitrogens with zero attached hydrogens (tertiary/aromatic N) is 2. The van der Waals surface area contributed by atoms with Gasteiger partial charge in [0.1, 0.15) is 23.3 Å². The Morgan fingerprint density at radius 3 is 2.02 bits per heavy atom. The second kappa shape index (κ2) is 11.5. The third-order valence-electron chi connectivity index (χ3n) is 6.38. The topological polar surface area (TPSA) is 64.3 Å². The van der Waals surface area contributed by atoms with E-state index in [-0.39, 0.29) is 5.56 Å². The van der Waals surface area contributed by atoms with E-state index < -0.39 is 28.7 Å². The van der Waals surface area contributed by atoms with Crippen LogP contribution in [0.5, 0.6) is 0 Å². The lowest BCUT2D eigenvalue weighted by Gasteiger charge is -2.27. The Bertz CT molecular complexity index is 1780. The molecule has 0 heterocycles. The average molecular weight is 529 g/mol. The van der Waals surface area contributed by atoms with Gasteiger partial charge in [-0.05, 0) is 65.1 Å². The highest BCUT2D eigenvalue weighted by atomic mass is 19.1. The van der Waals surface area contributed by atoms with Gasteiger partial charge in [0, 0.05) is 22.3 Å². The zero-order valence-corrected chi connectivity index (χ0v) is 21.1. The number of carbonyl (C=O) groups is 1. The SMILES string of the molecule is N#C/C(=C\c1c(F)cc(/C=C/c2ccc(N(c3ccccc3)c3cccc4ccccc34)cc2)cc1F)C(=O)O. The largest absolute Gasteiger partial charge is 0.477 e. The van der Waals surface area contributed by atoms with Crippen molar-refractivity contribution in [1.29, 1.82) is 5.26 Å². The first-order valence-electron chi connectivity index (χ1n) is 12.4. The summed E-state index contributed by atoms with van der Waals surface area (Å²) in [5.41, 5.74) is 2.73. The predicted molar refractivity (Wildman–Crippen MR) is 155 cm³/mol. The van der Waals surface area contributed by atoms with E-state index in [1.54, 1.807) is 12.2 Å². The quantitative estimate of drug-likeness (QED) is 0.130. The maximum Gasteiger partial charge on any atom is 0.346 e. The third kappa shape index (κ3) is 5.50. The van der Waals surface area contributed by atoms with Gasteiger partial charge < -0.3 is 10.0 Å². The number of aliphatic carboxylic acids is 1. The van der Waals surface area contributed by atoms with Crippen LogP contribution in [-0.2, 0) is 4.79 Å². The molecule has 0 radical (unpaired) electrons. The zero-order valence-electron chi connectivity index (χ0n) is 21.1. The first-order valence-corrected chi connectivity index (χ1v) is 12.4. The Morgan fingerprint density at radius 1 is 0.750 bits per heavy atom. The van der Waals surface area contributed by atoms with Crippen LogP contribution < -0.4 is 4.90 Å². The third-order valence-corrected chi connectivity index (χ3v) is 6.38. The Kier molecular flexibility index (Phi) is 7.47. The average Bonchev–Trinajstić information content (AvgIpc) is 2.97. The zero-order chi connectivity index (χ0) is 28.1. The van der Waals surface area contributed by atoms with Crippen LogP contribution in [0.4, 0.5) is 25.8 Å². The van der Waals surface area contributed by atoms with Gasteiger partial charge in [-0.15, -0.1) is 0 Å². The van der Waals surface area contributed by atoms with Crippen molar-refractivity contribution in [1.82, 2.24) is 0 Å². The van der Waals surface area contributed by atoms with Crippen LogP contribution in [0.1, 0.15) is 16.7 Å². The van der Waals surface area contributed by atoms with E-state index in [1.807, 2.05) is 72.8 Å². The fourth-order valence-corrected chi connectivity index (χ4v) is 4.46. The molecule has 0 saturated carbocycles. The smallest absolute Gasteiger partial charge is 0.346 e. The number of hydrogen-bond acceptors (Lipinski definition) is 3. The lowest BCUT2D eigenvalue weighted by atomic mass is 10.0. The molecular formula is C34H22F2N2O2. The van der Waals surface area contributed by atoms with E-state index in [4.69, 9.17) is 10.4 Å². The van der Waals surface area contributed by atoms with Gasteiger partial charge in [0.2, 0.25) is 0 Å². The van der Waals surface area contributed by atoms with E-state index in [1.165, 1.54) is 6.07 Å². The fraction of sp³-hybridized carbons (Fsp3) is 0. The number of halogens is 2. The first-order chi connectivity index (χ1) is 19.4. The second-order valence-corrected chi connectivity index (χ2v) is 8.97. The Hall–Kier alpha value is -5.54. The van der Waals surface area contributed by atoms with Gasteiger partial charge in [0.25, 0.3) is 0 Å². The highest BCUT2D eigenvalue weighted by molar-refractivity contribution is 5.99. The normalized spacial score (nSPS) is 11.5. The number of carboxylic acid groups (broad SMARTS) is 1. The van der Waals surface area contributed by atoms with Crippen molar-refractivity contribution in [2.24, 2.45) is 0 Å². The molecule has 0 bridgehead atoms. The molecule has 1 N–H and O–H groups in total. The molecule has 4 nitrogen and oxygen atoms in total. The molecule has 6 heteroatoms. The lowest BCUT2D eigenvalue weighted by Crippen LogP contribution is -2.10. The summed E-state index contributed by atoms with van der Waals surface area (Å²) in [6.45, 7) is 0. The molecule has 0 unspecified atom stereocenters. The molecule has 0 aliphatic carbocycles. The lowest BCUT2D eigenvalue weighted by molar-refractivity contribution is -0.132. The predicted octanol–water partition coefficient (Wildman–Crippen LogP) is 8.75. The molecule has 0 spiro atoms. The van der Waals surface area contributed by atoms with Gasteiger partial charge in [0.05, 0.1) is 5.69 Å². The highest BCUT2D eigenvalue weighted by Crippen LogP contribution is 2.38. The van der Waals surface area contributed by atoms with Crippen molar-refractivity contribution in [2.75, 3.05) is 4.90 Å². The summed E-state index contributed by atoms with van der Waals surface area (Å²) in [5, 5.41) is 20.1. The molecule has 0 fully saturated rings. The van der Waals surface area contributed by atoms with Crippen molar-refractivity contribution in [3.63, 3.8) is 0 Å². The summed E-state index contributed by atoms with van der Waals surface area (Å²) in [5.74, 6) is -3.48. The minimum absolute atomic E-state index is 0.256. The molecule has 0 atom stereocenters. The van der Waals surface area contributed by atoms with E-state index in [2.05, 4.69) is 29.2 Å². The number of carboxylic acids is 1. The van der Waals surface area contributed by atoms with Crippen LogP contribution >= 0.6 is 0 Å². The summed E-state index contributed by atoms with van der Waals surface area (Å²) >= 11 is 0. The maximum absolute atomic E-state index is 14.5. The van der Waals surface area contributed by atoms with Crippen LogP contribution in [0.2, 0.25) is 0 Å². The Morgan fingerprint density at radius 2 is 1.35 bits per heavy atom. The van der Waals surface area contributed by atoms with Crippen LogP contribution in [0.3, 0.4) is 0 Å². The number of hydrogen-bond donors (Lipinski definition) is 1. The molecule has 40 heavy (non-hydrogen) atoms. The summed E-state index contributed by atoms with van der Waals surface area (Å²) in [4.78, 5) is 13.2. The van der Waals surface area contributed by atoms with Gasteiger partial charge in [0.15, 0.2) is 0 Å². The minimum atomic E-state index is -1.56. The molecule has 0 aromatic heterocycles. The van der Waals surface area contributed by atoms with Gasteiger partial charge in [-0.3, -0.25) is 0 Å². The summed E-state index contributed by atoms with van der Waals surface area (Å²) in [7, 11) is 0. The Balaban J connectivity index is 1.46. The number of benzene rings is 5. The minimum Gasteiger partial charge on any atom is -0.477 e. The number of anilines is 3. The van der Waals surface area contributed by atoms with Crippen molar-refractivity contribution in [3.8, 4) is 6.07 Å². The van der Waals surface area contributed by atoms with Crippen LogP contribution in [0.25, 0.3) is 29.0 Å². The standard InChI is InChI=1S/C34H22F2N2O2/c35-31-19-24(20-32(36)30(31)21-26(22-37)34(39)40)14-13-23-15-17-28(18-16-23)38(27-9-2-1-3-10-27)33-12-6-8-25-7-4-5-11-29(25)33/h1-21H,(H,39,40)/b14-13+,26-21+. The van der Waals surface area contributed by atoms with Crippen LogP contribution in [-0.4, -0.2) is 11.1 Å². The van der Waals surface area contributed by atoms with Gasteiger partial charge in [-0.2, -0.15) is 5.26 Å². The fourth-order valence-electron chi connectivity index (χ4n) is 4.46. The molecule has 5 aromatic carbocycles. The van der Waals surface area contributed by atoms with E-state index >= 15 is 0 Å². The van der Waals surface area contributed by atoms with Gasteiger partial charge in [-0.25, -0.2) is 13.6 Å². The second-order valence-electron chi connectivity index (χ2n) is 8.97. The van der Waals surface area contributed by atoms with E-state index in [9.17, 15) is 13.6 Å². The van der Waals surface area contributed by atoms with Crippen LogP contribution in [0, 0.1) is 23.0 Å². The summed E-state index contributed by atoms with van der Waals surface area (Å²) < 4.78 is 29.1. The van der Waals surface area contributed by atoms with Crippen molar-refractivity contribution in [3.05, 3.63) is 143 Å². The first kappa shape index (κ1) is 26.1. The summed E-state index contributed by atoms with van der Waals surface area (Å²) in [6.07, 6.45) is 3.99. The Labute approximate surface area is 230 Å². The van der Waals surface area contributed by atoms with E-state index in [0.717, 1.165) is 45.5 Å². The van der Waals surface area contributed by atoms with Crippen molar-refractivity contribution >= 4 is 52.0 Å². The van der Waals surface area contributed by atoms with Crippen LogP contribution in [0.15, 0.2) is 115 Å². The molecule has 0 amide bonds. The number of fused-ring (bicyclic) bond motifs is 1. The molecule has 0 aliphatic heterocycles. The van der Waals surface area contributed by atoms with Crippen molar-refractivity contribution in [2.45, 2.75) is 0 Å². The maximum atomic E-state index is 14.5. The molecule has 0 aliphatic rings. The molecular weight excluding hydrogens is 506 g/mol. The highest BCUT2D eigenvalue weighted by Gasteiger charge is 2.15. The molecule has 0 saturated heterocycles. The number of para-hydroxylation sites is 1. The number of nitriles is 1.